The Labute approximate surface area is 160 Å². The van der Waals surface area contributed by atoms with Gasteiger partial charge in [0.15, 0.2) is 0 Å². The van der Waals surface area contributed by atoms with E-state index in [1.54, 1.807) is 13.0 Å². The van der Waals surface area contributed by atoms with Crippen LogP contribution < -0.4 is 9.80 Å². The predicted octanol–water partition coefficient (Wildman–Crippen LogP) is 0.151. The van der Waals surface area contributed by atoms with Crippen LogP contribution in [0.4, 0.5) is 11.4 Å². The van der Waals surface area contributed by atoms with Gasteiger partial charge in [0.2, 0.25) is 11.8 Å². The van der Waals surface area contributed by atoms with Gasteiger partial charge in [0.05, 0.1) is 29.8 Å². The van der Waals surface area contributed by atoms with E-state index in [-0.39, 0.29) is 11.6 Å². The van der Waals surface area contributed by atoms with Gasteiger partial charge < -0.3 is 10.2 Å². The predicted molar refractivity (Wildman–Crippen MR) is 97.9 cm³/mol. The van der Waals surface area contributed by atoms with Crippen LogP contribution in [-0.4, -0.2) is 46.0 Å². The van der Waals surface area contributed by atoms with Crippen molar-refractivity contribution in [2.24, 2.45) is 17.8 Å². The maximum atomic E-state index is 13.0. The summed E-state index contributed by atoms with van der Waals surface area (Å²) in [6.45, 7) is 1.11. The van der Waals surface area contributed by atoms with Gasteiger partial charge >= 0.3 is 0 Å². The third-order valence-electron chi connectivity index (χ3n) is 5.57. The minimum atomic E-state index is -1.79. The normalized spacial score (nSPS) is 31.9. The molecule has 1 aliphatic carbocycles. The number of anilines is 2. The number of carbonyl (C=O) groups excluding carboxylic acids is 4. The molecule has 0 aromatic heterocycles. The lowest BCUT2D eigenvalue weighted by molar-refractivity contribution is -0.133. The van der Waals surface area contributed by atoms with Crippen molar-refractivity contribution in [2.45, 2.75) is 12.5 Å². The van der Waals surface area contributed by atoms with E-state index in [1.807, 2.05) is 0 Å². The fourth-order valence-corrected chi connectivity index (χ4v) is 4.10. The molecule has 0 radical (unpaired) electrons. The molecule has 0 spiro atoms. The van der Waals surface area contributed by atoms with Gasteiger partial charge in [-0.25, -0.2) is 9.80 Å². The molecule has 4 atom stereocenters. The van der Waals surface area contributed by atoms with Gasteiger partial charge in [-0.3, -0.25) is 19.2 Å². The van der Waals surface area contributed by atoms with Crippen molar-refractivity contribution in [1.29, 1.82) is 0 Å². The van der Waals surface area contributed by atoms with Crippen LogP contribution in [0, 0.1) is 17.8 Å². The summed E-state index contributed by atoms with van der Waals surface area (Å²) in [5, 5.41) is 20.2. The molecular formula is C20H18N2O6. The molecule has 8 heteroatoms. The Morgan fingerprint density at radius 2 is 1.46 bits per heavy atom. The number of fused-ring (bicyclic) bond motifs is 1. The Kier molecular flexibility index (Phi) is 4.06. The number of allylic oxidation sites excluding steroid dienone is 1. The Morgan fingerprint density at radius 1 is 0.929 bits per heavy atom. The van der Waals surface area contributed by atoms with E-state index >= 15 is 0 Å². The van der Waals surface area contributed by atoms with Crippen LogP contribution in [0.2, 0.25) is 0 Å². The maximum absolute atomic E-state index is 13.0. The quantitative estimate of drug-likeness (QED) is 0.568. The first-order valence-corrected chi connectivity index (χ1v) is 8.85. The first-order chi connectivity index (χ1) is 13.3. The number of aliphatic hydroxyl groups excluding tert-OH is 1. The van der Waals surface area contributed by atoms with Gasteiger partial charge in [-0.05, 0) is 30.2 Å². The summed E-state index contributed by atoms with van der Waals surface area (Å²) < 4.78 is 0. The molecule has 1 aromatic rings. The minimum absolute atomic E-state index is 0.271. The van der Waals surface area contributed by atoms with Crippen LogP contribution in [0.15, 0.2) is 48.6 Å². The summed E-state index contributed by atoms with van der Waals surface area (Å²) in [6, 6.07) is 5.88. The zero-order valence-corrected chi connectivity index (χ0v) is 15.0. The van der Waals surface area contributed by atoms with Crippen LogP contribution in [-0.2, 0) is 19.2 Å². The molecule has 1 aromatic carbocycles. The second-order valence-electron chi connectivity index (χ2n) is 7.24. The first kappa shape index (κ1) is 18.3. The number of imide groups is 2. The van der Waals surface area contributed by atoms with Crippen molar-refractivity contribution in [3.8, 4) is 0 Å². The van der Waals surface area contributed by atoms with Gasteiger partial charge in [-0.15, -0.1) is 0 Å². The lowest BCUT2D eigenvalue weighted by atomic mass is 9.70. The largest absolute Gasteiger partial charge is 0.393 e. The lowest BCUT2D eigenvalue weighted by Gasteiger charge is -2.36. The standard InChI is InChI=1S/C20H18N2O6/c1-11-8-9-20(28,10-23)17-16(11)18(26)22(19(17)27)13-4-2-12(3-5-13)21-14(24)6-7-15(21)25/h2-9,11,16-17,23,28H,10H2,1H3. The number of carbonyl (C=O) groups is 4. The molecule has 1 fully saturated rings. The summed E-state index contributed by atoms with van der Waals surface area (Å²) in [5.41, 5.74) is -1.20. The average Bonchev–Trinajstić information content (AvgIpc) is 3.15. The zero-order valence-electron chi connectivity index (χ0n) is 15.0. The molecule has 0 saturated carbocycles. The summed E-state index contributed by atoms with van der Waals surface area (Å²) in [4.78, 5) is 51.5. The summed E-state index contributed by atoms with van der Waals surface area (Å²) in [7, 11) is 0. The topological polar surface area (TPSA) is 115 Å². The Balaban J connectivity index is 1.67. The fraction of sp³-hybridized carbons (Fsp3) is 0.300. The molecule has 2 heterocycles. The summed E-state index contributed by atoms with van der Waals surface area (Å²) >= 11 is 0. The second-order valence-corrected chi connectivity index (χ2v) is 7.24. The van der Waals surface area contributed by atoms with Gasteiger partial charge in [0.1, 0.15) is 5.60 Å². The molecule has 2 aliphatic heterocycles. The van der Waals surface area contributed by atoms with E-state index < -0.39 is 47.7 Å². The van der Waals surface area contributed by atoms with E-state index in [0.29, 0.717) is 5.69 Å². The van der Waals surface area contributed by atoms with Gasteiger partial charge in [-0.2, -0.15) is 0 Å². The lowest BCUT2D eigenvalue weighted by Crippen LogP contribution is -2.49. The molecule has 0 bridgehead atoms. The second kappa shape index (κ2) is 6.22. The SMILES string of the molecule is CC1C=CC(O)(CO)C2C(=O)N(c3ccc(N4C(=O)C=CC4=O)cc3)C(=O)C12. The maximum Gasteiger partial charge on any atom is 0.258 e. The molecule has 4 rings (SSSR count). The fourth-order valence-electron chi connectivity index (χ4n) is 4.10. The molecule has 4 amide bonds. The zero-order chi connectivity index (χ0) is 20.2. The Bertz CT molecular complexity index is 932. The molecule has 3 aliphatic rings. The molecule has 8 nitrogen and oxygen atoms in total. The number of nitrogens with zero attached hydrogens (tertiary/aromatic N) is 2. The number of rotatable bonds is 3. The van der Waals surface area contributed by atoms with Crippen LogP contribution >= 0.6 is 0 Å². The third-order valence-corrected chi connectivity index (χ3v) is 5.57. The molecular weight excluding hydrogens is 364 g/mol. The van der Waals surface area contributed by atoms with Crippen molar-refractivity contribution in [3.63, 3.8) is 0 Å². The third kappa shape index (κ3) is 2.45. The number of aliphatic hydroxyl groups is 2. The smallest absolute Gasteiger partial charge is 0.258 e. The van der Waals surface area contributed by atoms with Crippen LogP contribution in [0.25, 0.3) is 0 Å². The van der Waals surface area contributed by atoms with Crippen molar-refractivity contribution in [3.05, 3.63) is 48.6 Å². The molecule has 4 unspecified atom stereocenters. The molecule has 28 heavy (non-hydrogen) atoms. The van der Waals surface area contributed by atoms with Gasteiger partial charge in [-0.1, -0.05) is 19.1 Å². The van der Waals surface area contributed by atoms with Crippen molar-refractivity contribution in [2.75, 3.05) is 16.4 Å². The van der Waals surface area contributed by atoms with E-state index in [0.717, 1.165) is 9.80 Å². The Hall–Kier alpha value is -3.10. The van der Waals surface area contributed by atoms with Crippen LogP contribution in [0.5, 0.6) is 0 Å². The van der Waals surface area contributed by atoms with Crippen molar-refractivity contribution in [1.82, 2.24) is 0 Å². The van der Waals surface area contributed by atoms with Gasteiger partial charge in [0, 0.05) is 12.2 Å². The highest BCUT2D eigenvalue weighted by molar-refractivity contribution is 6.28. The highest BCUT2D eigenvalue weighted by Gasteiger charge is 2.59. The molecule has 1 saturated heterocycles. The highest BCUT2D eigenvalue weighted by Crippen LogP contribution is 2.45. The summed E-state index contributed by atoms with van der Waals surface area (Å²) in [6.07, 6.45) is 5.35. The van der Waals surface area contributed by atoms with E-state index in [2.05, 4.69) is 0 Å². The van der Waals surface area contributed by atoms with Crippen molar-refractivity contribution >= 4 is 35.0 Å². The van der Waals surface area contributed by atoms with Gasteiger partial charge in [0.25, 0.3) is 11.8 Å². The average molecular weight is 382 g/mol. The van der Waals surface area contributed by atoms with Crippen molar-refractivity contribution < 1.29 is 29.4 Å². The van der Waals surface area contributed by atoms with E-state index in [1.165, 1.54) is 42.5 Å². The molecule has 2 N–H and O–H groups in total. The highest BCUT2D eigenvalue weighted by atomic mass is 16.3. The monoisotopic (exact) mass is 382 g/mol. The molecule has 144 valence electrons. The minimum Gasteiger partial charge on any atom is -0.393 e. The van der Waals surface area contributed by atoms with Crippen LogP contribution in [0.3, 0.4) is 0 Å². The number of benzene rings is 1. The number of hydrogen-bond donors (Lipinski definition) is 2. The number of amides is 4. The van der Waals surface area contributed by atoms with Crippen LogP contribution in [0.1, 0.15) is 6.92 Å². The van der Waals surface area contributed by atoms with E-state index in [4.69, 9.17) is 0 Å². The summed E-state index contributed by atoms with van der Waals surface area (Å²) in [5.74, 6) is -4.11. The Morgan fingerprint density at radius 3 is 2.00 bits per heavy atom. The number of hydrogen-bond acceptors (Lipinski definition) is 6. The first-order valence-electron chi connectivity index (χ1n) is 8.85. The van der Waals surface area contributed by atoms with E-state index in [9.17, 15) is 29.4 Å².